The number of benzene rings is 2. The van der Waals surface area contributed by atoms with Crippen LogP contribution < -0.4 is 4.90 Å². The highest BCUT2D eigenvalue weighted by Gasteiger charge is 2.41. The van der Waals surface area contributed by atoms with Gasteiger partial charge in [0.25, 0.3) is 0 Å². The number of alkyl halides is 1. The smallest absolute Gasteiger partial charge is 0.133 e. The average Bonchev–Trinajstić information content (AvgIpc) is 3.06. The Morgan fingerprint density at radius 3 is 2.45 bits per heavy atom. The predicted octanol–water partition coefficient (Wildman–Crippen LogP) is 5.49. The monoisotopic (exact) mass is 452 g/mol. The molecule has 33 heavy (non-hydrogen) atoms. The summed E-state index contributed by atoms with van der Waals surface area (Å²) in [5, 5.41) is 10.0. The van der Waals surface area contributed by atoms with Crippen molar-refractivity contribution in [3.63, 3.8) is 0 Å². The minimum absolute atomic E-state index is 0.0459. The Balaban J connectivity index is 1.64. The maximum Gasteiger partial charge on any atom is 0.133 e. The second-order valence-electron chi connectivity index (χ2n) is 9.96. The third kappa shape index (κ3) is 3.76. The van der Waals surface area contributed by atoms with Gasteiger partial charge in [0.15, 0.2) is 0 Å². The van der Waals surface area contributed by atoms with E-state index in [2.05, 4.69) is 11.1 Å². The first-order valence-electron chi connectivity index (χ1n) is 11.3. The third-order valence-corrected chi connectivity index (χ3v) is 6.84. The van der Waals surface area contributed by atoms with Crippen LogP contribution in [-0.4, -0.2) is 41.2 Å². The lowest BCUT2D eigenvalue weighted by Crippen LogP contribution is -2.48. The summed E-state index contributed by atoms with van der Waals surface area (Å²) in [6.45, 7) is 5.93. The standard InChI is InChI=1S/C26H27F3N4/c1-15-8-19-18-6-4-5-7-22(18)31-24(19)25(33(15)14-26(2,3)29)23-20(27)9-17(10-21(23)28)32-12-16(11-30)13-32/h4-7,9-10,15-16,25,31H,8,12-14H2,1-3H3/t15-,25-/m1/s1. The molecule has 4 nitrogen and oxygen atoms in total. The van der Waals surface area contributed by atoms with Gasteiger partial charge in [-0.25, -0.2) is 13.2 Å². The van der Waals surface area contributed by atoms with Crippen molar-refractivity contribution in [1.29, 1.82) is 5.26 Å². The molecule has 2 aromatic carbocycles. The number of nitriles is 1. The summed E-state index contributed by atoms with van der Waals surface area (Å²) in [4.78, 5) is 7.05. The van der Waals surface area contributed by atoms with E-state index >= 15 is 8.78 Å². The van der Waals surface area contributed by atoms with Crippen LogP contribution in [0.1, 0.15) is 43.6 Å². The Morgan fingerprint density at radius 1 is 1.15 bits per heavy atom. The van der Waals surface area contributed by atoms with Crippen molar-refractivity contribution in [2.24, 2.45) is 5.92 Å². The van der Waals surface area contributed by atoms with E-state index in [9.17, 15) is 4.39 Å². The molecule has 3 heterocycles. The molecule has 2 aliphatic rings. The van der Waals surface area contributed by atoms with Crippen LogP contribution >= 0.6 is 0 Å². The number of H-pyrrole nitrogens is 1. The second kappa shape index (κ2) is 7.81. The summed E-state index contributed by atoms with van der Waals surface area (Å²) < 4.78 is 46.1. The van der Waals surface area contributed by atoms with Crippen LogP contribution in [0.2, 0.25) is 0 Å². The highest BCUT2D eigenvalue weighted by atomic mass is 19.1. The molecule has 0 unspecified atom stereocenters. The summed E-state index contributed by atoms with van der Waals surface area (Å²) in [5.41, 5.74) is 1.48. The molecule has 2 atom stereocenters. The van der Waals surface area contributed by atoms with E-state index in [1.807, 2.05) is 36.1 Å². The Kier molecular flexibility index (Phi) is 5.17. The predicted molar refractivity (Wildman–Crippen MR) is 123 cm³/mol. The number of halogens is 3. The van der Waals surface area contributed by atoms with Gasteiger partial charge >= 0.3 is 0 Å². The fraction of sp³-hybridized carbons (Fsp3) is 0.423. The molecular weight excluding hydrogens is 425 g/mol. The van der Waals surface area contributed by atoms with Crippen molar-refractivity contribution < 1.29 is 13.2 Å². The normalized spacial score (nSPS) is 21.7. The van der Waals surface area contributed by atoms with E-state index in [1.165, 1.54) is 26.0 Å². The Labute approximate surface area is 191 Å². The van der Waals surface area contributed by atoms with E-state index in [4.69, 9.17) is 5.26 Å². The van der Waals surface area contributed by atoms with Gasteiger partial charge in [-0.05, 0) is 51.0 Å². The first-order valence-corrected chi connectivity index (χ1v) is 11.3. The number of fused-ring (bicyclic) bond motifs is 3. The van der Waals surface area contributed by atoms with Crippen molar-refractivity contribution in [3.05, 3.63) is 64.9 Å². The van der Waals surface area contributed by atoms with E-state index in [0.29, 0.717) is 25.2 Å². The van der Waals surface area contributed by atoms with E-state index < -0.39 is 23.3 Å². The molecule has 0 spiro atoms. The fourth-order valence-electron chi connectivity index (χ4n) is 5.28. The zero-order chi connectivity index (χ0) is 23.5. The number of nitrogens with zero attached hydrogens (tertiary/aromatic N) is 3. The molecule has 7 heteroatoms. The highest BCUT2D eigenvalue weighted by molar-refractivity contribution is 5.85. The van der Waals surface area contributed by atoms with Crippen molar-refractivity contribution >= 4 is 16.6 Å². The molecule has 172 valence electrons. The summed E-state index contributed by atoms with van der Waals surface area (Å²) in [6, 6.07) is 11.8. The van der Waals surface area contributed by atoms with E-state index in [0.717, 1.165) is 22.2 Å². The molecule has 1 fully saturated rings. The Hall–Kier alpha value is -2.98. The van der Waals surface area contributed by atoms with Gasteiger partial charge in [0.05, 0.1) is 18.0 Å². The molecule has 1 N–H and O–H groups in total. The highest BCUT2D eigenvalue weighted by Crippen LogP contribution is 2.44. The number of aromatic amines is 1. The molecule has 5 rings (SSSR count). The van der Waals surface area contributed by atoms with Gasteiger partial charge in [0.1, 0.15) is 17.3 Å². The van der Waals surface area contributed by atoms with Crippen LogP contribution in [0.5, 0.6) is 0 Å². The first-order chi connectivity index (χ1) is 15.7. The van der Waals surface area contributed by atoms with Crippen LogP contribution in [0.3, 0.4) is 0 Å². The number of anilines is 1. The molecule has 3 aromatic rings. The minimum Gasteiger partial charge on any atom is -0.369 e. The van der Waals surface area contributed by atoms with E-state index in [1.54, 1.807) is 4.90 Å². The van der Waals surface area contributed by atoms with Gasteiger partial charge in [0.2, 0.25) is 0 Å². The lowest BCUT2D eigenvalue weighted by atomic mass is 9.87. The fourth-order valence-corrected chi connectivity index (χ4v) is 5.28. The van der Waals surface area contributed by atoms with Crippen molar-refractivity contribution in [1.82, 2.24) is 9.88 Å². The molecule has 0 radical (unpaired) electrons. The molecule has 1 aromatic heterocycles. The number of hydrogen-bond acceptors (Lipinski definition) is 3. The Morgan fingerprint density at radius 2 is 1.82 bits per heavy atom. The maximum absolute atomic E-state index is 15.6. The number of nitrogens with one attached hydrogen (secondary N) is 1. The summed E-state index contributed by atoms with van der Waals surface area (Å²) in [5.74, 6) is -1.43. The third-order valence-electron chi connectivity index (χ3n) is 6.84. The van der Waals surface area contributed by atoms with Gasteiger partial charge in [-0.3, -0.25) is 4.90 Å². The molecule has 1 saturated heterocycles. The first kappa shape index (κ1) is 21.8. The van der Waals surface area contributed by atoms with Crippen molar-refractivity contribution in [2.75, 3.05) is 24.5 Å². The summed E-state index contributed by atoms with van der Waals surface area (Å²) in [7, 11) is 0. The zero-order valence-corrected chi connectivity index (χ0v) is 19.0. The number of rotatable bonds is 4. The second-order valence-corrected chi connectivity index (χ2v) is 9.96. The number of hydrogen-bond donors (Lipinski definition) is 1. The number of aromatic nitrogens is 1. The van der Waals surface area contributed by atoms with Crippen LogP contribution in [0.15, 0.2) is 36.4 Å². The number of para-hydroxylation sites is 1. The van der Waals surface area contributed by atoms with Crippen molar-refractivity contribution in [3.8, 4) is 6.07 Å². The quantitative estimate of drug-likeness (QED) is 0.569. The van der Waals surface area contributed by atoms with Gasteiger partial charge in [0, 0.05) is 53.5 Å². The molecule has 0 saturated carbocycles. The van der Waals surface area contributed by atoms with Crippen LogP contribution in [0, 0.1) is 28.9 Å². The topological polar surface area (TPSA) is 46.1 Å². The minimum atomic E-state index is -1.53. The molecular formula is C26H27F3N4. The van der Waals surface area contributed by atoms with Crippen molar-refractivity contribution in [2.45, 2.75) is 44.9 Å². The van der Waals surface area contributed by atoms with Gasteiger partial charge < -0.3 is 9.88 Å². The lowest BCUT2D eigenvalue weighted by molar-refractivity contribution is 0.0643. The molecule has 0 amide bonds. The van der Waals surface area contributed by atoms with Gasteiger partial charge in [-0.2, -0.15) is 5.26 Å². The maximum atomic E-state index is 15.6. The van der Waals surface area contributed by atoms with Crippen LogP contribution in [0.4, 0.5) is 18.9 Å². The summed E-state index contributed by atoms with van der Waals surface area (Å²) >= 11 is 0. The van der Waals surface area contributed by atoms with E-state index in [-0.39, 0.29) is 24.1 Å². The Bertz CT molecular complexity index is 1220. The molecule has 0 aliphatic carbocycles. The van der Waals surface area contributed by atoms with Crippen LogP contribution in [-0.2, 0) is 6.42 Å². The molecule has 0 bridgehead atoms. The largest absolute Gasteiger partial charge is 0.369 e. The average molecular weight is 453 g/mol. The molecule has 2 aliphatic heterocycles. The zero-order valence-electron chi connectivity index (χ0n) is 19.0. The lowest BCUT2D eigenvalue weighted by Gasteiger charge is -2.43. The van der Waals surface area contributed by atoms with Crippen LogP contribution in [0.25, 0.3) is 10.9 Å². The summed E-state index contributed by atoms with van der Waals surface area (Å²) in [6.07, 6.45) is 0.663. The van der Waals surface area contributed by atoms with Gasteiger partial charge in [-0.15, -0.1) is 0 Å². The SMILES string of the molecule is C[C@@H]1Cc2c([nH]c3ccccc23)[C@@H](c2c(F)cc(N3CC(C#N)C3)cc2F)N1CC(C)(C)F. The van der Waals surface area contributed by atoms with Gasteiger partial charge in [-0.1, -0.05) is 18.2 Å².